The van der Waals surface area contributed by atoms with Crippen molar-refractivity contribution in [2.45, 2.75) is 25.7 Å². The summed E-state index contributed by atoms with van der Waals surface area (Å²) in [7, 11) is 1.48. The summed E-state index contributed by atoms with van der Waals surface area (Å²) in [5, 5.41) is 0. The van der Waals surface area contributed by atoms with Gasteiger partial charge in [0.15, 0.2) is 0 Å². The van der Waals surface area contributed by atoms with Crippen LogP contribution in [0.2, 0.25) is 0 Å². The van der Waals surface area contributed by atoms with Crippen LogP contribution >= 0.6 is 0 Å². The van der Waals surface area contributed by atoms with Crippen LogP contribution in [0.25, 0.3) is 6.08 Å². The van der Waals surface area contributed by atoms with Crippen LogP contribution < -0.4 is 0 Å². The van der Waals surface area contributed by atoms with Crippen molar-refractivity contribution in [3.8, 4) is 0 Å². The van der Waals surface area contributed by atoms with E-state index >= 15 is 0 Å². The molecule has 2 nitrogen and oxygen atoms in total. The van der Waals surface area contributed by atoms with Crippen LogP contribution in [0.3, 0.4) is 0 Å². The monoisotopic (exact) mass is 244 g/mol. The average Bonchev–Trinajstić information content (AvgIpc) is 2.46. The number of carbonyl (C=O) groups excluding carboxylic acids is 1. The molecule has 0 saturated heterocycles. The summed E-state index contributed by atoms with van der Waals surface area (Å²) in [4.78, 5) is 11.4. The quantitative estimate of drug-likeness (QED) is 0.758. The molecule has 1 aromatic rings. The number of rotatable bonds is 3. The molecule has 2 rings (SSSR count). The van der Waals surface area contributed by atoms with E-state index in [0.29, 0.717) is 5.92 Å². The van der Waals surface area contributed by atoms with Crippen LogP contribution in [0, 0.1) is 11.8 Å². The lowest BCUT2D eigenvalue weighted by molar-refractivity contribution is -0.146. The van der Waals surface area contributed by atoms with Gasteiger partial charge in [-0.3, -0.25) is 4.79 Å². The van der Waals surface area contributed by atoms with Crippen LogP contribution in [0.15, 0.2) is 36.4 Å². The Morgan fingerprint density at radius 1 is 1.17 bits per heavy atom. The molecule has 1 saturated carbocycles. The molecule has 0 heterocycles. The van der Waals surface area contributed by atoms with Gasteiger partial charge < -0.3 is 4.74 Å². The first-order valence-corrected chi connectivity index (χ1v) is 6.60. The van der Waals surface area contributed by atoms with Gasteiger partial charge in [-0.05, 0) is 37.2 Å². The maximum absolute atomic E-state index is 11.4. The topological polar surface area (TPSA) is 26.3 Å². The standard InChI is InChI=1S/C16H20O2/c1-18-16(17)15-11-9-14(10-12-15)8-7-13-5-3-2-4-6-13/h2-8,14-15H,9-12H2,1H3/t14-,15+. The fourth-order valence-electron chi connectivity index (χ4n) is 2.53. The highest BCUT2D eigenvalue weighted by atomic mass is 16.5. The second-order valence-corrected chi connectivity index (χ2v) is 4.90. The maximum atomic E-state index is 11.4. The van der Waals surface area contributed by atoms with E-state index in [4.69, 9.17) is 4.74 Å². The first-order chi connectivity index (χ1) is 8.79. The number of allylic oxidation sites excluding steroid dienone is 1. The second-order valence-electron chi connectivity index (χ2n) is 4.90. The second kappa shape index (κ2) is 6.39. The van der Waals surface area contributed by atoms with E-state index in [9.17, 15) is 4.79 Å². The molecule has 0 aliphatic heterocycles. The van der Waals surface area contributed by atoms with Gasteiger partial charge in [-0.2, -0.15) is 0 Å². The van der Waals surface area contributed by atoms with Crippen LogP contribution in [0.1, 0.15) is 31.2 Å². The third-order valence-corrected chi connectivity index (χ3v) is 3.67. The first-order valence-electron chi connectivity index (χ1n) is 6.60. The fourth-order valence-corrected chi connectivity index (χ4v) is 2.53. The molecular weight excluding hydrogens is 224 g/mol. The van der Waals surface area contributed by atoms with Gasteiger partial charge in [0.05, 0.1) is 13.0 Å². The Bertz CT molecular complexity index is 400. The lowest BCUT2D eigenvalue weighted by atomic mass is 9.82. The van der Waals surface area contributed by atoms with E-state index in [0.717, 1.165) is 25.7 Å². The summed E-state index contributed by atoms with van der Waals surface area (Å²) in [5.41, 5.74) is 1.24. The molecule has 18 heavy (non-hydrogen) atoms. The zero-order valence-electron chi connectivity index (χ0n) is 10.8. The average molecular weight is 244 g/mol. The van der Waals surface area contributed by atoms with Gasteiger partial charge in [0.1, 0.15) is 0 Å². The molecule has 2 heteroatoms. The zero-order chi connectivity index (χ0) is 12.8. The SMILES string of the molecule is COC(=O)[C@H]1CC[C@@H](C=Cc2ccccc2)CC1. The van der Waals surface area contributed by atoms with Crippen molar-refractivity contribution in [3.05, 3.63) is 42.0 Å². The number of methoxy groups -OCH3 is 1. The van der Waals surface area contributed by atoms with E-state index in [2.05, 4.69) is 24.3 Å². The summed E-state index contributed by atoms with van der Waals surface area (Å²) < 4.78 is 4.80. The molecule has 0 radical (unpaired) electrons. The Balaban J connectivity index is 1.84. The van der Waals surface area contributed by atoms with Gasteiger partial charge in [-0.1, -0.05) is 42.5 Å². The lowest BCUT2D eigenvalue weighted by Crippen LogP contribution is -2.22. The number of hydrogen-bond donors (Lipinski definition) is 0. The minimum atomic E-state index is -0.0412. The van der Waals surface area contributed by atoms with E-state index in [-0.39, 0.29) is 11.9 Å². The van der Waals surface area contributed by atoms with Gasteiger partial charge in [0.25, 0.3) is 0 Å². The fraction of sp³-hybridized carbons (Fsp3) is 0.438. The molecule has 1 fully saturated rings. The van der Waals surface area contributed by atoms with Gasteiger partial charge >= 0.3 is 5.97 Å². The predicted octanol–water partition coefficient (Wildman–Crippen LogP) is 3.68. The third-order valence-electron chi connectivity index (χ3n) is 3.67. The first kappa shape index (κ1) is 12.9. The summed E-state index contributed by atoms with van der Waals surface area (Å²) in [6.45, 7) is 0. The molecule has 1 aromatic carbocycles. The minimum Gasteiger partial charge on any atom is -0.469 e. The Hall–Kier alpha value is -1.57. The highest BCUT2D eigenvalue weighted by molar-refractivity contribution is 5.72. The minimum absolute atomic E-state index is 0.0412. The molecule has 96 valence electrons. The van der Waals surface area contributed by atoms with Crippen LogP contribution in [-0.2, 0) is 9.53 Å². The molecule has 1 aliphatic rings. The highest BCUT2D eigenvalue weighted by Crippen LogP contribution is 2.30. The predicted molar refractivity (Wildman–Crippen MR) is 72.9 cm³/mol. The number of hydrogen-bond acceptors (Lipinski definition) is 2. The van der Waals surface area contributed by atoms with E-state index in [1.54, 1.807) is 0 Å². The molecule has 0 spiro atoms. The van der Waals surface area contributed by atoms with Crippen molar-refractivity contribution in [1.29, 1.82) is 0 Å². The molecule has 0 aromatic heterocycles. The van der Waals surface area contributed by atoms with E-state index in [1.807, 2.05) is 18.2 Å². The van der Waals surface area contributed by atoms with E-state index < -0.39 is 0 Å². The van der Waals surface area contributed by atoms with Crippen molar-refractivity contribution in [1.82, 2.24) is 0 Å². The van der Waals surface area contributed by atoms with Gasteiger partial charge in [0.2, 0.25) is 0 Å². The molecular formula is C16H20O2. The largest absolute Gasteiger partial charge is 0.469 e. The Kier molecular flexibility index (Phi) is 4.57. The maximum Gasteiger partial charge on any atom is 0.308 e. The summed E-state index contributed by atoms with van der Waals surface area (Å²) in [5.74, 6) is 0.683. The Labute approximate surface area is 109 Å². The molecule has 1 aliphatic carbocycles. The number of benzene rings is 1. The summed E-state index contributed by atoms with van der Waals surface area (Å²) in [6, 6.07) is 10.3. The van der Waals surface area contributed by atoms with Crippen LogP contribution in [-0.4, -0.2) is 13.1 Å². The van der Waals surface area contributed by atoms with Gasteiger partial charge in [-0.25, -0.2) is 0 Å². The molecule has 0 N–H and O–H groups in total. The summed E-state index contributed by atoms with van der Waals surface area (Å²) >= 11 is 0. The van der Waals surface area contributed by atoms with Crippen molar-refractivity contribution in [2.75, 3.05) is 7.11 Å². The van der Waals surface area contributed by atoms with Crippen molar-refractivity contribution in [2.24, 2.45) is 11.8 Å². The van der Waals surface area contributed by atoms with Crippen LogP contribution in [0.5, 0.6) is 0 Å². The normalized spacial score (nSPS) is 24.1. The number of ether oxygens (including phenoxy) is 1. The van der Waals surface area contributed by atoms with E-state index in [1.165, 1.54) is 12.7 Å². The zero-order valence-corrected chi connectivity index (χ0v) is 10.8. The molecule has 0 amide bonds. The van der Waals surface area contributed by atoms with Crippen molar-refractivity contribution >= 4 is 12.0 Å². The summed E-state index contributed by atoms with van der Waals surface area (Å²) in [6.07, 6.45) is 8.55. The van der Waals surface area contributed by atoms with Crippen molar-refractivity contribution in [3.63, 3.8) is 0 Å². The van der Waals surface area contributed by atoms with Gasteiger partial charge in [0, 0.05) is 0 Å². The molecule has 0 atom stereocenters. The smallest absolute Gasteiger partial charge is 0.308 e. The Morgan fingerprint density at radius 2 is 1.83 bits per heavy atom. The highest BCUT2D eigenvalue weighted by Gasteiger charge is 2.25. The Morgan fingerprint density at radius 3 is 2.44 bits per heavy atom. The molecule has 0 unspecified atom stereocenters. The third kappa shape index (κ3) is 3.46. The lowest BCUT2D eigenvalue weighted by Gasteiger charge is -2.24. The van der Waals surface area contributed by atoms with Gasteiger partial charge in [-0.15, -0.1) is 0 Å². The molecule has 0 bridgehead atoms. The van der Waals surface area contributed by atoms with Crippen molar-refractivity contribution < 1.29 is 9.53 Å². The number of esters is 1. The van der Waals surface area contributed by atoms with Crippen LogP contribution in [0.4, 0.5) is 0 Å². The number of carbonyl (C=O) groups is 1.